The number of rotatable bonds is 4. The minimum atomic E-state index is 0.105. The predicted molar refractivity (Wildman–Crippen MR) is 48.4 cm³/mol. The van der Waals surface area contributed by atoms with E-state index < -0.39 is 0 Å². The van der Waals surface area contributed by atoms with Crippen LogP contribution in [0.15, 0.2) is 5.38 Å². The smallest absolute Gasteiger partial charge is 0.0951 e. The molecule has 0 saturated heterocycles. The minimum Gasteiger partial charge on any atom is -0.396 e. The van der Waals surface area contributed by atoms with Crippen LogP contribution >= 0.6 is 11.3 Å². The Morgan fingerprint density at radius 1 is 1.58 bits per heavy atom. The van der Waals surface area contributed by atoms with E-state index in [0.29, 0.717) is 6.42 Å². The Bertz CT molecular complexity index is 237. The zero-order valence-corrected chi connectivity index (χ0v) is 7.84. The van der Waals surface area contributed by atoms with Gasteiger partial charge in [-0.1, -0.05) is 6.92 Å². The van der Waals surface area contributed by atoms with Crippen LogP contribution in [0.5, 0.6) is 0 Å². The number of nitrogens with zero attached hydrogens (tertiary/aromatic N) is 1. The third-order valence-corrected chi connectivity index (χ3v) is 2.60. The fraction of sp³-hybridized carbons (Fsp3) is 0.625. The lowest BCUT2D eigenvalue weighted by Gasteiger charge is -2.01. The van der Waals surface area contributed by atoms with Gasteiger partial charge in [-0.2, -0.15) is 0 Å². The normalized spacial score (nSPS) is 13.2. The molecule has 0 aliphatic heterocycles. The first-order valence-electron chi connectivity index (χ1n) is 3.94. The molecule has 0 aromatic carbocycles. The van der Waals surface area contributed by atoms with Crippen molar-refractivity contribution in [3.8, 4) is 0 Å². The quantitative estimate of drug-likeness (QED) is 0.732. The standard InChI is InChI=1S/C8H13NO2S/c1-6(4-11)7-5-12-8(9-7)2-3-10/h5-6,10-11H,2-4H2,1H3. The number of thiazole rings is 1. The Morgan fingerprint density at radius 2 is 2.33 bits per heavy atom. The Hall–Kier alpha value is -0.450. The van der Waals surface area contributed by atoms with Crippen LogP contribution in [-0.4, -0.2) is 28.4 Å². The van der Waals surface area contributed by atoms with Crippen molar-refractivity contribution in [2.24, 2.45) is 0 Å². The molecule has 1 aromatic rings. The molecule has 0 bridgehead atoms. The van der Waals surface area contributed by atoms with Crippen molar-refractivity contribution in [3.05, 3.63) is 16.1 Å². The average Bonchev–Trinajstić information content (AvgIpc) is 2.52. The molecule has 1 atom stereocenters. The molecule has 0 spiro atoms. The molecule has 1 rings (SSSR count). The molecule has 4 heteroatoms. The monoisotopic (exact) mass is 187 g/mol. The summed E-state index contributed by atoms with van der Waals surface area (Å²) < 4.78 is 0. The van der Waals surface area contributed by atoms with Gasteiger partial charge in [-0.15, -0.1) is 11.3 Å². The first-order chi connectivity index (χ1) is 5.77. The van der Waals surface area contributed by atoms with E-state index in [0.717, 1.165) is 10.7 Å². The van der Waals surface area contributed by atoms with Gasteiger partial charge in [-0.25, -0.2) is 4.98 Å². The fourth-order valence-electron chi connectivity index (χ4n) is 0.855. The van der Waals surface area contributed by atoms with E-state index in [1.165, 1.54) is 11.3 Å². The second-order valence-corrected chi connectivity index (χ2v) is 3.67. The van der Waals surface area contributed by atoms with Crippen molar-refractivity contribution in [3.63, 3.8) is 0 Å². The maximum atomic E-state index is 8.84. The van der Waals surface area contributed by atoms with Crippen LogP contribution in [0.25, 0.3) is 0 Å². The van der Waals surface area contributed by atoms with Gasteiger partial charge in [0.1, 0.15) is 0 Å². The molecule has 1 unspecified atom stereocenters. The van der Waals surface area contributed by atoms with Gasteiger partial charge in [0.15, 0.2) is 0 Å². The summed E-state index contributed by atoms with van der Waals surface area (Å²) in [5.41, 5.74) is 0.922. The number of aliphatic hydroxyl groups excluding tert-OH is 2. The molecule has 68 valence electrons. The Balaban J connectivity index is 2.63. The molecule has 0 radical (unpaired) electrons. The summed E-state index contributed by atoms with van der Waals surface area (Å²) in [6.07, 6.45) is 0.614. The van der Waals surface area contributed by atoms with Gasteiger partial charge in [0.25, 0.3) is 0 Å². The van der Waals surface area contributed by atoms with Gasteiger partial charge in [0, 0.05) is 24.3 Å². The molecule has 0 fully saturated rings. The van der Waals surface area contributed by atoms with E-state index >= 15 is 0 Å². The average molecular weight is 187 g/mol. The summed E-state index contributed by atoms with van der Waals surface area (Å²) in [5, 5.41) is 20.4. The van der Waals surface area contributed by atoms with Crippen molar-refractivity contribution < 1.29 is 10.2 Å². The highest BCUT2D eigenvalue weighted by Crippen LogP contribution is 2.17. The van der Waals surface area contributed by atoms with E-state index in [1.54, 1.807) is 0 Å². The molecule has 0 saturated carbocycles. The zero-order valence-electron chi connectivity index (χ0n) is 7.03. The highest BCUT2D eigenvalue weighted by atomic mass is 32.1. The largest absolute Gasteiger partial charge is 0.396 e. The summed E-state index contributed by atoms with van der Waals surface area (Å²) in [6, 6.07) is 0. The maximum Gasteiger partial charge on any atom is 0.0951 e. The molecule has 12 heavy (non-hydrogen) atoms. The second kappa shape index (κ2) is 4.54. The van der Waals surface area contributed by atoms with E-state index in [1.807, 2.05) is 12.3 Å². The molecule has 2 N–H and O–H groups in total. The van der Waals surface area contributed by atoms with Crippen molar-refractivity contribution in [2.45, 2.75) is 19.3 Å². The molecule has 0 aliphatic carbocycles. The Labute approximate surface area is 75.7 Å². The number of hydrogen-bond donors (Lipinski definition) is 2. The minimum absolute atomic E-state index is 0.105. The highest BCUT2D eigenvalue weighted by Gasteiger charge is 2.07. The van der Waals surface area contributed by atoms with E-state index in [9.17, 15) is 0 Å². The van der Waals surface area contributed by atoms with Gasteiger partial charge in [0.05, 0.1) is 17.3 Å². The SMILES string of the molecule is CC(CO)c1csc(CCO)n1. The first kappa shape index (κ1) is 9.64. The van der Waals surface area contributed by atoms with Crippen LogP contribution in [0.1, 0.15) is 23.5 Å². The molecule has 3 nitrogen and oxygen atoms in total. The van der Waals surface area contributed by atoms with Crippen LogP contribution in [0.2, 0.25) is 0 Å². The highest BCUT2D eigenvalue weighted by molar-refractivity contribution is 7.09. The molecule has 1 aromatic heterocycles. The summed E-state index contributed by atoms with van der Waals surface area (Å²) >= 11 is 1.54. The summed E-state index contributed by atoms with van der Waals surface area (Å²) in [5.74, 6) is 0.105. The summed E-state index contributed by atoms with van der Waals surface area (Å²) in [7, 11) is 0. The lowest BCUT2D eigenvalue weighted by atomic mass is 10.1. The van der Waals surface area contributed by atoms with Crippen molar-refractivity contribution in [1.29, 1.82) is 0 Å². The van der Waals surface area contributed by atoms with Crippen LogP contribution in [0.4, 0.5) is 0 Å². The van der Waals surface area contributed by atoms with Crippen molar-refractivity contribution in [1.82, 2.24) is 4.98 Å². The maximum absolute atomic E-state index is 8.84. The van der Waals surface area contributed by atoms with Crippen LogP contribution < -0.4 is 0 Å². The Morgan fingerprint density at radius 3 is 2.92 bits per heavy atom. The second-order valence-electron chi connectivity index (χ2n) is 2.72. The van der Waals surface area contributed by atoms with Crippen molar-refractivity contribution in [2.75, 3.05) is 13.2 Å². The summed E-state index contributed by atoms with van der Waals surface area (Å²) in [4.78, 5) is 4.27. The molecule has 0 aliphatic rings. The number of hydrogen-bond acceptors (Lipinski definition) is 4. The molecule has 1 heterocycles. The van der Waals surface area contributed by atoms with Gasteiger partial charge in [-0.3, -0.25) is 0 Å². The topological polar surface area (TPSA) is 53.4 Å². The third kappa shape index (κ3) is 2.27. The van der Waals surface area contributed by atoms with Crippen molar-refractivity contribution >= 4 is 11.3 Å². The van der Waals surface area contributed by atoms with Gasteiger partial charge >= 0.3 is 0 Å². The summed E-state index contributed by atoms with van der Waals surface area (Å²) in [6.45, 7) is 2.19. The van der Waals surface area contributed by atoms with E-state index in [4.69, 9.17) is 10.2 Å². The predicted octanol–water partition coefficient (Wildman–Crippen LogP) is 0.774. The van der Waals surface area contributed by atoms with Gasteiger partial charge in [-0.05, 0) is 0 Å². The molecular formula is C8H13NO2S. The molecule has 0 amide bonds. The third-order valence-electron chi connectivity index (χ3n) is 1.67. The van der Waals surface area contributed by atoms with Crippen LogP contribution in [0.3, 0.4) is 0 Å². The van der Waals surface area contributed by atoms with Gasteiger partial charge in [0.2, 0.25) is 0 Å². The number of aliphatic hydroxyl groups is 2. The van der Waals surface area contributed by atoms with Gasteiger partial charge < -0.3 is 10.2 Å². The Kier molecular flexibility index (Phi) is 3.65. The van der Waals surface area contributed by atoms with E-state index in [2.05, 4.69) is 4.98 Å². The lowest BCUT2D eigenvalue weighted by Crippen LogP contribution is -1.99. The van der Waals surface area contributed by atoms with Crippen LogP contribution in [-0.2, 0) is 6.42 Å². The van der Waals surface area contributed by atoms with E-state index in [-0.39, 0.29) is 19.1 Å². The fourth-order valence-corrected chi connectivity index (χ4v) is 1.76. The lowest BCUT2D eigenvalue weighted by molar-refractivity contribution is 0.271. The number of aromatic nitrogens is 1. The first-order valence-corrected chi connectivity index (χ1v) is 4.82. The zero-order chi connectivity index (χ0) is 8.97. The van der Waals surface area contributed by atoms with Crippen LogP contribution in [0, 0.1) is 0 Å². The molecular weight excluding hydrogens is 174 g/mol.